The number of aromatic carboxylic acids is 1. The van der Waals surface area contributed by atoms with Gasteiger partial charge < -0.3 is 10.4 Å². The summed E-state index contributed by atoms with van der Waals surface area (Å²) in [6.07, 6.45) is 0.913. The van der Waals surface area contributed by atoms with Gasteiger partial charge in [-0.1, -0.05) is 12.1 Å². The molecule has 0 aromatic heterocycles. The van der Waals surface area contributed by atoms with Crippen molar-refractivity contribution in [1.29, 1.82) is 0 Å². The van der Waals surface area contributed by atoms with Gasteiger partial charge in [-0.2, -0.15) is 0 Å². The molecule has 0 radical (unpaired) electrons. The van der Waals surface area contributed by atoms with Crippen molar-refractivity contribution in [2.45, 2.75) is 19.4 Å². The standard InChI is InChI=1S/C11H15NO2/c1-8(12-2)7-9-3-5-10(6-4-9)11(13)14/h3-6,8,12H,7H2,1-2H3,(H,13,14). The second-order valence-corrected chi connectivity index (χ2v) is 3.40. The number of rotatable bonds is 4. The van der Waals surface area contributed by atoms with E-state index in [4.69, 9.17) is 5.11 Å². The molecule has 0 bridgehead atoms. The van der Waals surface area contributed by atoms with E-state index < -0.39 is 5.97 Å². The van der Waals surface area contributed by atoms with Gasteiger partial charge in [-0.25, -0.2) is 4.79 Å². The maximum atomic E-state index is 10.6. The molecule has 0 heterocycles. The van der Waals surface area contributed by atoms with Gasteiger partial charge in [-0.3, -0.25) is 0 Å². The average Bonchev–Trinajstić information content (AvgIpc) is 2.18. The number of carboxylic acids is 1. The average molecular weight is 193 g/mol. The second-order valence-electron chi connectivity index (χ2n) is 3.40. The Hall–Kier alpha value is -1.35. The minimum absolute atomic E-state index is 0.339. The van der Waals surface area contributed by atoms with E-state index in [1.165, 1.54) is 0 Å². The van der Waals surface area contributed by atoms with Crippen molar-refractivity contribution in [2.24, 2.45) is 0 Å². The van der Waals surface area contributed by atoms with Gasteiger partial charge in [0.15, 0.2) is 0 Å². The predicted molar refractivity (Wildman–Crippen MR) is 55.6 cm³/mol. The van der Waals surface area contributed by atoms with E-state index in [-0.39, 0.29) is 0 Å². The minimum Gasteiger partial charge on any atom is -0.478 e. The van der Waals surface area contributed by atoms with Crippen LogP contribution in [0.3, 0.4) is 0 Å². The van der Waals surface area contributed by atoms with Crippen LogP contribution in [0.1, 0.15) is 22.8 Å². The summed E-state index contributed by atoms with van der Waals surface area (Å²) in [7, 11) is 1.91. The van der Waals surface area contributed by atoms with E-state index in [0.717, 1.165) is 12.0 Å². The van der Waals surface area contributed by atoms with Gasteiger partial charge in [0.05, 0.1) is 5.56 Å². The third-order valence-corrected chi connectivity index (χ3v) is 2.24. The normalized spacial score (nSPS) is 12.4. The van der Waals surface area contributed by atoms with E-state index in [2.05, 4.69) is 12.2 Å². The lowest BCUT2D eigenvalue weighted by molar-refractivity contribution is 0.0697. The Morgan fingerprint density at radius 1 is 1.43 bits per heavy atom. The highest BCUT2D eigenvalue weighted by molar-refractivity contribution is 5.87. The molecule has 0 aliphatic heterocycles. The van der Waals surface area contributed by atoms with E-state index >= 15 is 0 Å². The van der Waals surface area contributed by atoms with Crippen molar-refractivity contribution >= 4 is 5.97 Å². The summed E-state index contributed by atoms with van der Waals surface area (Å²) in [5.74, 6) is -0.877. The van der Waals surface area contributed by atoms with Gasteiger partial charge >= 0.3 is 5.97 Å². The molecule has 0 spiro atoms. The number of hydrogen-bond acceptors (Lipinski definition) is 2. The van der Waals surface area contributed by atoms with Crippen LogP contribution in [0.25, 0.3) is 0 Å². The molecule has 3 nitrogen and oxygen atoms in total. The molecular weight excluding hydrogens is 178 g/mol. The first-order chi connectivity index (χ1) is 6.63. The summed E-state index contributed by atoms with van der Waals surface area (Å²) in [5, 5.41) is 11.8. The van der Waals surface area contributed by atoms with Crippen LogP contribution in [-0.4, -0.2) is 24.2 Å². The van der Waals surface area contributed by atoms with Crippen LogP contribution in [-0.2, 0) is 6.42 Å². The number of carboxylic acid groups (broad SMARTS) is 1. The lowest BCUT2D eigenvalue weighted by atomic mass is 10.1. The van der Waals surface area contributed by atoms with E-state index in [1.807, 2.05) is 19.2 Å². The monoisotopic (exact) mass is 193 g/mol. The fraction of sp³-hybridized carbons (Fsp3) is 0.364. The Kier molecular flexibility index (Phi) is 3.65. The van der Waals surface area contributed by atoms with Gasteiger partial charge in [0, 0.05) is 6.04 Å². The molecule has 0 aliphatic carbocycles. The van der Waals surface area contributed by atoms with Crippen LogP contribution < -0.4 is 5.32 Å². The van der Waals surface area contributed by atoms with Crippen LogP contribution in [0.4, 0.5) is 0 Å². The molecule has 0 saturated carbocycles. The van der Waals surface area contributed by atoms with Crippen molar-refractivity contribution < 1.29 is 9.90 Å². The molecule has 0 amide bonds. The van der Waals surface area contributed by atoms with Gasteiger partial charge in [0.1, 0.15) is 0 Å². The molecule has 1 rings (SSSR count). The lowest BCUT2D eigenvalue weighted by Crippen LogP contribution is -2.23. The number of carbonyl (C=O) groups is 1. The molecule has 0 fully saturated rings. The van der Waals surface area contributed by atoms with Crippen LogP contribution >= 0.6 is 0 Å². The van der Waals surface area contributed by atoms with Gasteiger partial charge in [-0.05, 0) is 38.1 Å². The molecule has 0 saturated heterocycles. The first kappa shape index (κ1) is 10.7. The highest BCUT2D eigenvalue weighted by atomic mass is 16.4. The lowest BCUT2D eigenvalue weighted by Gasteiger charge is -2.09. The van der Waals surface area contributed by atoms with Crippen LogP contribution in [0, 0.1) is 0 Å². The predicted octanol–water partition coefficient (Wildman–Crippen LogP) is 1.54. The first-order valence-electron chi connectivity index (χ1n) is 4.63. The highest BCUT2D eigenvalue weighted by Gasteiger charge is 2.03. The van der Waals surface area contributed by atoms with Gasteiger partial charge in [-0.15, -0.1) is 0 Å². The molecule has 1 aromatic rings. The maximum Gasteiger partial charge on any atom is 0.335 e. The molecule has 1 atom stereocenters. The molecule has 3 heteroatoms. The summed E-state index contributed by atoms with van der Waals surface area (Å²) >= 11 is 0. The smallest absolute Gasteiger partial charge is 0.335 e. The topological polar surface area (TPSA) is 49.3 Å². The van der Waals surface area contributed by atoms with Crippen molar-refractivity contribution in [3.8, 4) is 0 Å². The first-order valence-corrected chi connectivity index (χ1v) is 4.63. The minimum atomic E-state index is -0.877. The van der Waals surface area contributed by atoms with E-state index in [0.29, 0.717) is 11.6 Å². The third-order valence-electron chi connectivity index (χ3n) is 2.24. The summed E-state index contributed by atoms with van der Waals surface area (Å²) in [6, 6.07) is 7.40. The summed E-state index contributed by atoms with van der Waals surface area (Å²) in [4.78, 5) is 10.6. The molecule has 1 unspecified atom stereocenters. The molecule has 0 aliphatic rings. The van der Waals surface area contributed by atoms with Crippen molar-refractivity contribution in [2.75, 3.05) is 7.05 Å². The Balaban J connectivity index is 2.68. The quantitative estimate of drug-likeness (QED) is 0.762. The highest BCUT2D eigenvalue weighted by Crippen LogP contribution is 2.06. The Bertz CT molecular complexity index is 306. The Morgan fingerprint density at radius 3 is 2.43 bits per heavy atom. The Labute approximate surface area is 83.8 Å². The van der Waals surface area contributed by atoms with E-state index in [1.54, 1.807) is 12.1 Å². The number of nitrogens with one attached hydrogen (secondary N) is 1. The second kappa shape index (κ2) is 4.77. The SMILES string of the molecule is CNC(C)Cc1ccc(C(=O)O)cc1. The summed E-state index contributed by atoms with van der Waals surface area (Å²) < 4.78 is 0. The van der Waals surface area contributed by atoms with E-state index in [9.17, 15) is 4.79 Å². The van der Waals surface area contributed by atoms with Gasteiger partial charge in [0.25, 0.3) is 0 Å². The molecule has 76 valence electrons. The fourth-order valence-electron chi connectivity index (χ4n) is 1.24. The molecule has 2 N–H and O–H groups in total. The van der Waals surface area contributed by atoms with Crippen molar-refractivity contribution in [3.63, 3.8) is 0 Å². The molecule has 14 heavy (non-hydrogen) atoms. The van der Waals surface area contributed by atoms with Crippen LogP contribution in [0.15, 0.2) is 24.3 Å². The summed E-state index contributed by atoms with van der Waals surface area (Å²) in [5.41, 5.74) is 1.49. The van der Waals surface area contributed by atoms with Crippen LogP contribution in [0.2, 0.25) is 0 Å². The zero-order chi connectivity index (χ0) is 10.6. The van der Waals surface area contributed by atoms with Crippen molar-refractivity contribution in [3.05, 3.63) is 35.4 Å². The zero-order valence-corrected chi connectivity index (χ0v) is 8.45. The zero-order valence-electron chi connectivity index (χ0n) is 8.45. The fourth-order valence-corrected chi connectivity index (χ4v) is 1.24. The number of likely N-dealkylation sites (N-methyl/N-ethyl adjacent to an activating group) is 1. The third kappa shape index (κ3) is 2.85. The van der Waals surface area contributed by atoms with Crippen LogP contribution in [0.5, 0.6) is 0 Å². The molecule has 1 aromatic carbocycles. The molecular formula is C11H15NO2. The largest absolute Gasteiger partial charge is 0.478 e. The maximum absolute atomic E-state index is 10.6. The number of hydrogen-bond donors (Lipinski definition) is 2. The van der Waals surface area contributed by atoms with Gasteiger partial charge in [0.2, 0.25) is 0 Å². The summed E-state index contributed by atoms with van der Waals surface area (Å²) in [6.45, 7) is 2.09. The van der Waals surface area contributed by atoms with Crippen molar-refractivity contribution in [1.82, 2.24) is 5.32 Å². The Morgan fingerprint density at radius 2 is 2.00 bits per heavy atom. The number of benzene rings is 1.